The van der Waals surface area contributed by atoms with Crippen LogP contribution in [0.15, 0.2) is 48.5 Å². The molecule has 2 fully saturated rings. The first-order chi connectivity index (χ1) is 13.1. The summed E-state index contributed by atoms with van der Waals surface area (Å²) in [4.78, 5) is 31.3. The summed E-state index contributed by atoms with van der Waals surface area (Å²) in [5, 5.41) is 0. The molecular formula is C21H23N3O3. The average molecular weight is 365 g/mol. The maximum atomic E-state index is 13.1. The summed E-state index contributed by atoms with van der Waals surface area (Å²) in [6.45, 7) is 4.56. The molecule has 2 aromatic rings. The highest BCUT2D eigenvalue weighted by molar-refractivity contribution is 6.22. The summed E-state index contributed by atoms with van der Waals surface area (Å²) in [7, 11) is 1.55. The van der Waals surface area contributed by atoms with Gasteiger partial charge in [-0.25, -0.2) is 9.69 Å². The number of aryl methyl sites for hydroxylation is 1. The van der Waals surface area contributed by atoms with Gasteiger partial charge in [0.25, 0.3) is 5.91 Å². The third kappa shape index (κ3) is 3.17. The molecule has 1 atom stereocenters. The molecule has 2 aromatic carbocycles. The minimum atomic E-state index is -0.444. The fourth-order valence-corrected chi connectivity index (χ4v) is 3.83. The van der Waals surface area contributed by atoms with E-state index in [-0.39, 0.29) is 11.9 Å². The SMILES string of the molecule is COc1ccc(C)cc1N1C(=O)C2CN(Cc3ccccc3)CCN2C1=O. The van der Waals surface area contributed by atoms with Gasteiger partial charge in [-0.3, -0.25) is 9.69 Å². The highest BCUT2D eigenvalue weighted by Gasteiger charge is 2.48. The molecule has 0 radical (unpaired) electrons. The van der Waals surface area contributed by atoms with Gasteiger partial charge in [0, 0.05) is 26.2 Å². The normalized spacial score (nSPS) is 20.1. The number of piperazine rings is 1. The minimum Gasteiger partial charge on any atom is -0.495 e. The van der Waals surface area contributed by atoms with Gasteiger partial charge in [0.05, 0.1) is 12.8 Å². The van der Waals surface area contributed by atoms with Gasteiger partial charge < -0.3 is 9.64 Å². The monoisotopic (exact) mass is 365 g/mol. The predicted octanol–water partition coefficient (Wildman–Crippen LogP) is 2.66. The van der Waals surface area contributed by atoms with Crippen LogP contribution >= 0.6 is 0 Å². The van der Waals surface area contributed by atoms with Crippen LogP contribution in [0.1, 0.15) is 11.1 Å². The number of fused-ring (bicyclic) bond motifs is 1. The van der Waals surface area contributed by atoms with E-state index in [0.29, 0.717) is 24.5 Å². The van der Waals surface area contributed by atoms with Gasteiger partial charge in [-0.2, -0.15) is 0 Å². The van der Waals surface area contributed by atoms with Crippen LogP contribution in [-0.2, 0) is 11.3 Å². The van der Waals surface area contributed by atoms with E-state index in [2.05, 4.69) is 17.0 Å². The van der Waals surface area contributed by atoms with Crippen LogP contribution in [0.3, 0.4) is 0 Å². The van der Waals surface area contributed by atoms with E-state index in [0.717, 1.165) is 18.7 Å². The molecule has 6 nitrogen and oxygen atoms in total. The van der Waals surface area contributed by atoms with Crippen molar-refractivity contribution in [3.05, 3.63) is 59.7 Å². The molecular weight excluding hydrogens is 342 g/mol. The second-order valence-corrected chi connectivity index (χ2v) is 7.06. The number of carbonyl (C=O) groups is 2. The van der Waals surface area contributed by atoms with E-state index < -0.39 is 6.04 Å². The highest BCUT2D eigenvalue weighted by Crippen LogP contribution is 2.35. The molecule has 3 amide bonds. The number of nitrogens with zero attached hydrogens (tertiary/aromatic N) is 3. The number of carbonyl (C=O) groups excluding carboxylic acids is 2. The van der Waals surface area contributed by atoms with Crippen LogP contribution < -0.4 is 9.64 Å². The molecule has 140 valence electrons. The van der Waals surface area contributed by atoms with Gasteiger partial charge in [0.15, 0.2) is 0 Å². The first kappa shape index (κ1) is 17.5. The lowest BCUT2D eigenvalue weighted by atomic mass is 10.1. The Labute approximate surface area is 158 Å². The third-order valence-electron chi connectivity index (χ3n) is 5.23. The number of ether oxygens (including phenoxy) is 1. The smallest absolute Gasteiger partial charge is 0.332 e. The number of hydrogen-bond acceptors (Lipinski definition) is 4. The lowest BCUT2D eigenvalue weighted by Crippen LogP contribution is -2.52. The topological polar surface area (TPSA) is 53.1 Å². The van der Waals surface area contributed by atoms with E-state index in [1.807, 2.05) is 37.3 Å². The molecule has 2 heterocycles. The van der Waals surface area contributed by atoms with Crippen molar-refractivity contribution in [1.29, 1.82) is 0 Å². The molecule has 27 heavy (non-hydrogen) atoms. The van der Waals surface area contributed by atoms with Gasteiger partial charge in [0.2, 0.25) is 0 Å². The summed E-state index contributed by atoms with van der Waals surface area (Å²) < 4.78 is 5.39. The molecule has 2 aliphatic heterocycles. The Bertz CT molecular complexity index is 868. The van der Waals surface area contributed by atoms with Crippen molar-refractivity contribution in [2.75, 3.05) is 31.6 Å². The second kappa shape index (κ2) is 7.04. The number of amides is 3. The first-order valence-electron chi connectivity index (χ1n) is 9.14. The zero-order valence-electron chi connectivity index (χ0n) is 15.6. The van der Waals surface area contributed by atoms with Crippen LogP contribution in [-0.4, -0.2) is 54.5 Å². The van der Waals surface area contributed by atoms with Crippen LogP contribution in [0.2, 0.25) is 0 Å². The fraction of sp³-hybridized carbons (Fsp3) is 0.333. The molecule has 0 aliphatic carbocycles. The summed E-state index contributed by atoms with van der Waals surface area (Å²) in [6, 6.07) is 15.0. The van der Waals surface area contributed by atoms with Gasteiger partial charge >= 0.3 is 6.03 Å². The Balaban J connectivity index is 1.57. The molecule has 6 heteroatoms. The summed E-state index contributed by atoms with van der Waals surface area (Å²) in [6.07, 6.45) is 0. The van der Waals surface area contributed by atoms with Gasteiger partial charge in [-0.05, 0) is 30.2 Å². The fourth-order valence-electron chi connectivity index (χ4n) is 3.83. The lowest BCUT2D eigenvalue weighted by molar-refractivity contribution is -0.121. The number of anilines is 1. The van der Waals surface area contributed by atoms with E-state index in [1.54, 1.807) is 18.1 Å². The average Bonchev–Trinajstić information content (AvgIpc) is 2.92. The van der Waals surface area contributed by atoms with Crippen molar-refractivity contribution in [3.8, 4) is 5.75 Å². The Kier molecular flexibility index (Phi) is 4.58. The minimum absolute atomic E-state index is 0.179. The number of methoxy groups -OCH3 is 1. The maximum absolute atomic E-state index is 13.1. The molecule has 1 unspecified atom stereocenters. The van der Waals surface area contributed by atoms with Crippen LogP contribution in [0.5, 0.6) is 5.75 Å². The maximum Gasteiger partial charge on any atom is 0.332 e. The molecule has 4 rings (SSSR count). The lowest BCUT2D eigenvalue weighted by Gasteiger charge is -2.35. The zero-order valence-corrected chi connectivity index (χ0v) is 15.6. The largest absolute Gasteiger partial charge is 0.495 e. The van der Waals surface area contributed by atoms with E-state index in [4.69, 9.17) is 4.74 Å². The standard InChI is InChI=1S/C21H23N3O3/c1-15-8-9-19(27-2)17(12-15)24-20(25)18-14-22(10-11-23(18)21(24)26)13-16-6-4-3-5-7-16/h3-9,12,18H,10-11,13-14H2,1-2H3. The zero-order chi connectivity index (χ0) is 19.0. The van der Waals surface area contributed by atoms with E-state index in [9.17, 15) is 9.59 Å². The molecule has 0 aromatic heterocycles. The van der Waals surface area contributed by atoms with E-state index in [1.165, 1.54) is 10.5 Å². The van der Waals surface area contributed by atoms with Gasteiger partial charge in [-0.15, -0.1) is 0 Å². The quantitative estimate of drug-likeness (QED) is 0.782. The number of hydrogen-bond donors (Lipinski definition) is 0. The van der Waals surface area contributed by atoms with Crippen molar-refractivity contribution in [3.63, 3.8) is 0 Å². The molecule has 0 bridgehead atoms. The molecule has 0 saturated carbocycles. The summed E-state index contributed by atoms with van der Waals surface area (Å²) in [5.74, 6) is 0.352. The first-order valence-corrected chi connectivity index (χ1v) is 9.14. The van der Waals surface area contributed by atoms with Crippen LogP contribution in [0.4, 0.5) is 10.5 Å². The van der Waals surface area contributed by atoms with Crippen molar-refractivity contribution < 1.29 is 14.3 Å². The van der Waals surface area contributed by atoms with Crippen molar-refractivity contribution >= 4 is 17.6 Å². The van der Waals surface area contributed by atoms with Crippen molar-refractivity contribution in [2.24, 2.45) is 0 Å². The van der Waals surface area contributed by atoms with E-state index >= 15 is 0 Å². The number of urea groups is 1. The molecule has 0 N–H and O–H groups in total. The highest BCUT2D eigenvalue weighted by atomic mass is 16.5. The Morgan fingerprint density at radius 1 is 1.07 bits per heavy atom. The summed E-state index contributed by atoms with van der Waals surface area (Å²) >= 11 is 0. The van der Waals surface area contributed by atoms with Crippen molar-refractivity contribution in [1.82, 2.24) is 9.80 Å². The van der Waals surface area contributed by atoms with Crippen LogP contribution in [0.25, 0.3) is 0 Å². The Hall–Kier alpha value is -2.86. The van der Waals surface area contributed by atoms with Gasteiger partial charge in [0.1, 0.15) is 11.8 Å². The molecule has 0 spiro atoms. The summed E-state index contributed by atoms with van der Waals surface area (Å²) in [5.41, 5.74) is 2.71. The van der Waals surface area contributed by atoms with Crippen LogP contribution in [0, 0.1) is 6.92 Å². The molecule has 2 aliphatic rings. The number of rotatable bonds is 4. The second-order valence-electron chi connectivity index (χ2n) is 7.06. The predicted molar refractivity (Wildman–Crippen MR) is 103 cm³/mol. The Morgan fingerprint density at radius 3 is 2.59 bits per heavy atom. The third-order valence-corrected chi connectivity index (χ3v) is 5.23. The number of imide groups is 1. The Morgan fingerprint density at radius 2 is 1.85 bits per heavy atom. The van der Waals surface area contributed by atoms with Crippen molar-refractivity contribution in [2.45, 2.75) is 19.5 Å². The molecule has 2 saturated heterocycles. The number of benzene rings is 2. The van der Waals surface area contributed by atoms with Gasteiger partial charge in [-0.1, -0.05) is 36.4 Å².